The van der Waals surface area contributed by atoms with Crippen molar-refractivity contribution in [2.24, 2.45) is 0 Å². The number of hydrogen-bond donors (Lipinski definition) is 1. The highest BCUT2D eigenvalue weighted by Gasteiger charge is 2.17. The highest BCUT2D eigenvalue weighted by atomic mass is 35.5. The lowest BCUT2D eigenvalue weighted by Crippen LogP contribution is -2.06. The van der Waals surface area contributed by atoms with Crippen molar-refractivity contribution in [2.75, 3.05) is 5.32 Å². The molecule has 0 spiro atoms. The number of para-hydroxylation sites is 1. The van der Waals surface area contributed by atoms with E-state index in [1.54, 1.807) is 24.3 Å². The summed E-state index contributed by atoms with van der Waals surface area (Å²) in [5, 5.41) is 3.95. The van der Waals surface area contributed by atoms with Crippen molar-refractivity contribution in [3.05, 3.63) is 87.7 Å². The molecule has 1 heterocycles. The second-order valence-corrected chi connectivity index (χ2v) is 6.11. The fourth-order valence-corrected chi connectivity index (χ4v) is 2.80. The lowest BCUT2D eigenvalue weighted by Gasteiger charge is -2.11. The van der Waals surface area contributed by atoms with Gasteiger partial charge in [-0.1, -0.05) is 41.4 Å². The van der Waals surface area contributed by atoms with E-state index in [0.29, 0.717) is 15.6 Å². The van der Waals surface area contributed by atoms with Crippen LogP contribution >= 0.6 is 23.2 Å². The van der Waals surface area contributed by atoms with Crippen LogP contribution in [0.1, 0.15) is 21.6 Å². The molecule has 120 valence electrons. The van der Waals surface area contributed by atoms with Crippen LogP contribution in [0.3, 0.4) is 0 Å². The van der Waals surface area contributed by atoms with Crippen molar-refractivity contribution in [1.29, 1.82) is 0 Å². The molecule has 3 aromatic rings. The van der Waals surface area contributed by atoms with Crippen LogP contribution < -0.4 is 5.32 Å². The molecule has 0 radical (unpaired) electrons. The van der Waals surface area contributed by atoms with Crippen LogP contribution in [-0.2, 0) is 0 Å². The molecule has 5 heteroatoms. The molecule has 0 amide bonds. The Bertz CT molecular complexity index is 909. The van der Waals surface area contributed by atoms with Gasteiger partial charge in [-0.3, -0.25) is 9.78 Å². The van der Waals surface area contributed by atoms with Crippen LogP contribution in [-0.4, -0.2) is 10.8 Å². The Labute approximate surface area is 150 Å². The third-order valence-corrected chi connectivity index (χ3v) is 4.23. The van der Waals surface area contributed by atoms with Crippen molar-refractivity contribution in [3.8, 4) is 0 Å². The molecule has 2 aromatic carbocycles. The molecular formula is C19H14Cl2N2O. The maximum atomic E-state index is 12.6. The fraction of sp³-hybridized carbons (Fsp3) is 0.0526. The van der Waals surface area contributed by atoms with Gasteiger partial charge in [0.2, 0.25) is 5.78 Å². The third-order valence-electron chi connectivity index (χ3n) is 3.61. The lowest BCUT2D eigenvalue weighted by atomic mass is 10.1. The Hall–Kier alpha value is -2.36. The van der Waals surface area contributed by atoms with Gasteiger partial charge in [0.25, 0.3) is 0 Å². The first-order valence-electron chi connectivity index (χ1n) is 7.33. The normalized spacial score (nSPS) is 10.5. The zero-order valence-corrected chi connectivity index (χ0v) is 14.4. The van der Waals surface area contributed by atoms with Crippen LogP contribution in [0.25, 0.3) is 0 Å². The molecular weight excluding hydrogens is 343 g/mol. The van der Waals surface area contributed by atoms with Crippen LogP contribution in [0.4, 0.5) is 11.4 Å². The summed E-state index contributed by atoms with van der Waals surface area (Å²) in [5.74, 6) is -0.298. The van der Waals surface area contributed by atoms with E-state index in [1.165, 1.54) is 6.20 Å². The van der Waals surface area contributed by atoms with Crippen LogP contribution in [0.15, 0.2) is 60.8 Å². The van der Waals surface area contributed by atoms with Crippen molar-refractivity contribution in [2.45, 2.75) is 6.92 Å². The average Bonchev–Trinajstić information content (AvgIpc) is 2.57. The number of rotatable bonds is 4. The van der Waals surface area contributed by atoms with Gasteiger partial charge < -0.3 is 5.32 Å². The Morgan fingerprint density at radius 1 is 1.00 bits per heavy atom. The van der Waals surface area contributed by atoms with E-state index >= 15 is 0 Å². The Morgan fingerprint density at radius 3 is 2.50 bits per heavy atom. The predicted octanol–water partition coefficient (Wildman–Crippen LogP) is 5.67. The maximum absolute atomic E-state index is 12.6. The SMILES string of the molecule is Cc1ccccc1Nc1ccc(C(=O)c2ncccc2Cl)c(Cl)c1. The summed E-state index contributed by atoms with van der Waals surface area (Å²) >= 11 is 12.3. The molecule has 0 unspecified atom stereocenters. The van der Waals surface area contributed by atoms with E-state index in [1.807, 2.05) is 37.3 Å². The average molecular weight is 357 g/mol. The van der Waals surface area contributed by atoms with Gasteiger partial charge in [-0.15, -0.1) is 0 Å². The number of aryl methyl sites for hydroxylation is 1. The molecule has 1 N–H and O–H groups in total. The molecule has 0 saturated carbocycles. The number of ketones is 1. The van der Waals surface area contributed by atoms with E-state index in [2.05, 4.69) is 10.3 Å². The molecule has 0 bridgehead atoms. The van der Waals surface area contributed by atoms with Gasteiger partial charge >= 0.3 is 0 Å². The van der Waals surface area contributed by atoms with Crippen molar-refractivity contribution < 1.29 is 4.79 Å². The first kappa shape index (κ1) is 16.5. The Balaban J connectivity index is 1.89. The molecule has 1 aromatic heterocycles. The number of pyridine rings is 1. The standard InChI is InChI=1S/C19H14Cl2N2O/c1-12-5-2-3-7-17(12)23-13-8-9-14(16(21)11-13)19(24)18-15(20)6-4-10-22-18/h2-11,23H,1H3. The second kappa shape index (κ2) is 7.04. The van der Waals surface area contributed by atoms with E-state index in [0.717, 1.165) is 16.9 Å². The highest BCUT2D eigenvalue weighted by molar-refractivity contribution is 6.38. The monoisotopic (exact) mass is 356 g/mol. The van der Waals surface area contributed by atoms with Crippen molar-refractivity contribution in [3.63, 3.8) is 0 Å². The van der Waals surface area contributed by atoms with Crippen molar-refractivity contribution >= 4 is 40.4 Å². The van der Waals surface area contributed by atoms with E-state index in [9.17, 15) is 4.79 Å². The topological polar surface area (TPSA) is 42.0 Å². The zero-order chi connectivity index (χ0) is 17.1. The number of nitrogens with one attached hydrogen (secondary N) is 1. The minimum Gasteiger partial charge on any atom is -0.355 e. The summed E-state index contributed by atoms with van der Waals surface area (Å²) in [5.41, 5.74) is 3.47. The zero-order valence-electron chi connectivity index (χ0n) is 12.9. The van der Waals surface area contributed by atoms with Gasteiger partial charge in [0.05, 0.1) is 10.0 Å². The minimum absolute atomic E-state index is 0.195. The van der Waals surface area contributed by atoms with Gasteiger partial charge in [-0.25, -0.2) is 0 Å². The van der Waals surface area contributed by atoms with Gasteiger partial charge in [-0.2, -0.15) is 0 Å². The van der Waals surface area contributed by atoms with Crippen LogP contribution in [0, 0.1) is 6.92 Å². The number of aromatic nitrogens is 1. The third kappa shape index (κ3) is 3.42. The van der Waals surface area contributed by atoms with Gasteiger partial charge in [-0.05, 0) is 48.9 Å². The maximum Gasteiger partial charge on any atom is 0.214 e. The molecule has 24 heavy (non-hydrogen) atoms. The fourth-order valence-electron chi connectivity index (χ4n) is 2.33. The molecule has 0 aliphatic rings. The van der Waals surface area contributed by atoms with Crippen molar-refractivity contribution in [1.82, 2.24) is 4.98 Å². The Kier molecular flexibility index (Phi) is 4.84. The first-order chi connectivity index (χ1) is 11.6. The number of anilines is 2. The highest BCUT2D eigenvalue weighted by Crippen LogP contribution is 2.27. The smallest absolute Gasteiger partial charge is 0.214 e. The quantitative estimate of drug-likeness (QED) is 0.612. The largest absolute Gasteiger partial charge is 0.355 e. The number of benzene rings is 2. The van der Waals surface area contributed by atoms with E-state index in [4.69, 9.17) is 23.2 Å². The summed E-state index contributed by atoms with van der Waals surface area (Å²) in [4.78, 5) is 16.6. The Morgan fingerprint density at radius 2 is 1.79 bits per heavy atom. The van der Waals surface area contributed by atoms with E-state index in [-0.39, 0.29) is 11.5 Å². The molecule has 3 rings (SSSR count). The number of hydrogen-bond acceptors (Lipinski definition) is 3. The minimum atomic E-state index is -0.298. The number of carbonyl (C=O) groups excluding carboxylic acids is 1. The molecule has 0 aliphatic heterocycles. The van der Waals surface area contributed by atoms with Gasteiger partial charge in [0, 0.05) is 23.1 Å². The summed E-state index contributed by atoms with van der Waals surface area (Å²) in [7, 11) is 0. The summed E-state index contributed by atoms with van der Waals surface area (Å²) in [6, 6.07) is 16.4. The van der Waals surface area contributed by atoms with E-state index < -0.39 is 0 Å². The molecule has 0 aliphatic carbocycles. The van der Waals surface area contributed by atoms with Gasteiger partial charge in [0.1, 0.15) is 5.69 Å². The molecule has 0 fully saturated rings. The van der Waals surface area contributed by atoms with Crippen LogP contribution in [0.2, 0.25) is 10.0 Å². The molecule has 0 saturated heterocycles. The van der Waals surface area contributed by atoms with Gasteiger partial charge in [0.15, 0.2) is 0 Å². The number of carbonyl (C=O) groups is 1. The second-order valence-electron chi connectivity index (χ2n) is 5.30. The number of nitrogens with zero attached hydrogens (tertiary/aromatic N) is 1. The first-order valence-corrected chi connectivity index (χ1v) is 8.09. The summed E-state index contributed by atoms with van der Waals surface area (Å²) in [6.07, 6.45) is 1.53. The molecule has 0 atom stereocenters. The number of halogens is 2. The summed E-state index contributed by atoms with van der Waals surface area (Å²) in [6.45, 7) is 2.02. The lowest BCUT2D eigenvalue weighted by molar-refractivity contribution is 0.103. The van der Waals surface area contributed by atoms with Crippen LogP contribution in [0.5, 0.6) is 0 Å². The summed E-state index contributed by atoms with van der Waals surface area (Å²) < 4.78 is 0. The molecule has 3 nitrogen and oxygen atoms in total. The predicted molar refractivity (Wildman–Crippen MR) is 98.6 cm³/mol.